The van der Waals surface area contributed by atoms with Crippen molar-refractivity contribution in [1.29, 1.82) is 0 Å². The van der Waals surface area contributed by atoms with Crippen LogP contribution in [0.5, 0.6) is 11.5 Å². The highest BCUT2D eigenvalue weighted by molar-refractivity contribution is 7.98. The van der Waals surface area contributed by atoms with Gasteiger partial charge in [-0.15, -0.1) is 11.8 Å². The molecule has 0 atom stereocenters. The summed E-state index contributed by atoms with van der Waals surface area (Å²) in [7, 11) is 3.29. The number of methoxy groups -OCH3 is 2. The standard InChI is InChI=1S/C15H19NO3S/c1-18-11-8-12(14(19-2)13(9-11)20-3)15(16-10-17)6-4-5-7-15/h8-9H,4-7H2,1-3H3. The van der Waals surface area contributed by atoms with Crippen molar-refractivity contribution in [2.24, 2.45) is 4.99 Å². The van der Waals surface area contributed by atoms with Gasteiger partial charge >= 0.3 is 0 Å². The smallest absolute Gasteiger partial charge is 0.235 e. The maximum atomic E-state index is 10.9. The molecule has 0 N–H and O–H groups in total. The van der Waals surface area contributed by atoms with Crippen LogP contribution in [0.2, 0.25) is 0 Å². The summed E-state index contributed by atoms with van der Waals surface area (Å²) in [4.78, 5) is 16.0. The molecule has 0 aromatic heterocycles. The zero-order valence-corrected chi connectivity index (χ0v) is 12.9. The van der Waals surface area contributed by atoms with E-state index in [-0.39, 0.29) is 0 Å². The van der Waals surface area contributed by atoms with Gasteiger partial charge < -0.3 is 9.47 Å². The molecule has 1 aliphatic carbocycles. The summed E-state index contributed by atoms with van der Waals surface area (Å²) in [5.74, 6) is 1.55. The van der Waals surface area contributed by atoms with Gasteiger partial charge in [0.05, 0.1) is 19.1 Å². The molecule has 1 aromatic rings. The first-order valence-electron chi connectivity index (χ1n) is 6.60. The Kier molecular flexibility index (Phi) is 4.73. The van der Waals surface area contributed by atoms with Gasteiger partial charge in [-0.2, -0.15) is 4.99 Å². The Labute approximate surface area is 123 Å². The van der Waals surface area contributed by atoms with Gasteiger partial charge in [0.15, 0.2) is 0 Å². The highest BCUT2D eigenvalue weighted by atomic mass is 32.2. The maximum absolute atomic E-state index is 10.9. The second kappa shape index (κ2) is 6.33. The maximum Gasteiger partial charge on any atom is 0.235 e. The monoisotopic (exact) mass is 293 g/mol. The fourth-order valence-electron chi connectivity index (χ4n) is 2.89. The molecule has 1 aliphatic rings. The van der Waals surface area contributed by atoms with Gasteiger partial charge in [-0.05, 0) is 31.2 Å². The summed E-state index contributed by atoms with van der Waals surface area (Å²) in [6.07, 6.45) is 7.54. The average molecular weight is 293 g/mol. The summed E-state index contributed by atoms with van der Waals surface area (Å²) in [6.45, 7) is 0. The molecule has 108 valence electrons. The quantitative estimate of drug-likeness (QED) is 0.473. The SMILES string of the molecule is COc1cc(SC)c(OC)c(C2(N=C=O)CCCC2)c1. The van der Waals surface area contributed by atoms with Crippen molar-refractivity contribution in [3.8, 4) is 11.5 Å². The molecule has 1 fully saturated rings. The van der Waals surface area contributed by atoms with Crippen LogP contribution in [0.15, 0.2) is 22.0 Å². The van der Waals surface area contributed by atoms with Crippen LogP contribution >= 0.6 is 11.8 Å². The second-order valence-electron chi connectivity index (χ2n) is 4.85. The fraction of sp³-hybridized carbons (Fsp3) is 0.533. The van der Waals surface area contributed by atoms with Crippen molar-refractivity contribution in [3.05, 3.63) is 17.7 Å². The number of benzene rings is 1. The van der Waals surface area contributed by atoms with Crippen LogP contribution in [0, 0.1) is 0 Å². The van der Waals surface area contributed by atoms with E-state index in [1.807, 2.05) is 18.4 Å². The number of aliphatic imine (C=N–C) groups is 1. The van der Waals surface area contributed by atoms with Crippen LogP contribution < -0.4 is 9.47 Å². The van der Waals surface area contributed by atoms with E-state index in [9.17, 15) is 4.79 Å². The molecule has 20 heavy (non-hydrogen) atoms. The Hall–Kier alpha value is -1.45. The predicted octanol–water partition coefficient (Wildman–Crippen LogP) is 3.53. The first kappa shape index (κ1) is 14.9. The minimum Gasteiger partial charge on any atom is -0.497 e. The predicted molar refractivity (Wildman–Crippen MR) is 79.6 cm³/mol. The third kappa shape index (κ3) is 2.56. The molecule has 0 heterocycles. The number of hydrogen-bond acceptors (Lipinski definition) is 5. The van der Waals surface area contributed by atoms with Crippen LogP contribution in [0.25, 0.3) is 0 Å². The van der Waals surface area contributed by atoms with E-state index >= 15 is 0 Å². The van der Waals surface area contributed by atoms with E-state index in [0.29, 0.717) is 0 Å². The lowest BCUT2D eigenvalue weighted by Gasteiger charge is -2.26. The van der Waals surface area contributed by atoms with E-state index < -0.39 is 5.54 Å². The van der Waals surface area contributed by atoms with E-state index in [1.54, 1.807) is 32.1 Å². The number of isocyanates is 1. The lowest BCUT2D eigenvalue weighted by molar-refractivity contribution is 0.363. The van der Waals surface area contributed by atoms with Gasteiger partial charge in [0.2, 0.25) is 6.08 Å². The number of thioether (sulfide) groups is 1. The zero-order chi connectivity index (χ0) is 14.6. The second-order valence-corrected chi connectivity index (χ2v) is 5.70. The number of carbonyl (C=O) groups excluding carboxylic acids is 1. The number of hydrogen-bond donors (Lipinski definition) is 0. The minimum absolute atomic E-state index is 0.508. The number of rotatable bonds is 5. The largest absolute Gasteiger partial charge is 0.497 e. The first-order chi connectivity index (χ1) is 9.70. The third-order valence-electron chi connectivity index (χ3n) is 3.88. The van der Waals surface area contributed by atoms with Gasteiger partial charge in [-0.1, -0.05) is 12.8 Å². The first-order valence-corrected chi connectivity index (χ1v) is 7.83. The Morgan fingerprint density at radius 3 is 2.45 bits per heavy atom. The molecular weight excluding hydrogens is 274 g/mol. The lowest BCUT2D eigenvalue weighted by Crippen LogP contribution is -2.20. The molecule has 1 aromatic carbocycles. The highest BCUT2D eigenvalue weighted by Crippen LogP contribution is 2.49. The molecule has 4 nitrogen and oxygen atoms in total. The normalized spacial score (nSPS) is 16.6. The number of nitrogens with zero attached hydrogens (tertiary/aromatic N) is 1. The van der Waals surface area contributed by atoms with E-state index in [0.717, 1.165) is 47.6 Å². The van der Waals surface area contributed by atoms with E-state index in [2.05, 4.69) is 4.99 Å². The summed E-state index contributed by atoms with van der Waals surface area (Å²) in [5.41, 5.74) is 0.427. The molecule has 1 saturated carbocycles. The van der Waals surface area contributed by atoms with Gasteiger partial charge in [0.25, 0.3) is 0 Å². The van der Waals surface area contributed by atoms with Crippen LogP contribution in [0.3, 0.4) is 0 Å². The molecule has 0 amide bonds. The Bertz CT molecular complexity index is 532. The molecule has 0 radical (unpaired) electrons. The topological polar surface area (TPSA) is 47.9 Å². The fourth-order valence-corrected chi connectivity index (χ4v) is 3.50. The summed E-state index contributed by atoms with van der Waals surface area (Å²) in [5, 5.41) is 0. The van der Waals surface area contributed by atoms with E-state index in [1.165, 1.54) is 0 Å². The molecule has 2 rings (SSSR count). The third-order valence-corrected chi connectivity index (χ3v) is 4.62. The van der Waals surface area contributed by atoms with Crippen LogP contribution in [0.1, 0.15) is 31.2 Å². The summed E-state index contributed by atoms with van der Waals surface area (Å²) < 4.78 is 11.0. The van der Waals surface area contributed by atoms with Crippen molar-refractivity contribution in [1.82, 2.24) is 0 Å². The molecule has 0 unspecified atom stereocenters. The molecular formula is C15H19NO3S. The van der Waals surface area contributed by atoms with Gasteiger partial charge in [-0.25, -0.2) is 4.79 Å². The van der Waals surface area contributed by atoms with Crippen molar-refractivity contribution in [2.45, 2.75) is 36.1 Å². The summed E-state index contributed by atoms with van der Waals surface area (Å²) >= 11 is 1.59. The molecule has 0 bridgehead atoms. The Balaban J connectivity index is 2.66. The van der Waals surface area contributed by atoms with Crippen LogP contribution in [-0.4, -0.2) is 26.6 Å². The van der Waals surface area contributed by atoms with Crippen LogP contribution in [0.4, 0.5) is 0 Å². The van der Waals surface area contributed by atoms with Gasteiger partial charge in [0.1, 0.15) is 17.0 Å². The lowest BCUT2D eigenvalue weighted by atomic mass is 9.88. The van der Waals surface area contributed by atoms with Crippen molar-refractivity contribution in [3.63, 3.8) is 0 Å². The zero-order valence-electron chi connectivity index (χ0n) is 12.1. The number of ether oxygens (including phenoxy) is 2. The Morgan fingerprint density at radius 2 is 1.95 bits per heavy atom. The van der Waals surface area contributed by atoms with Crippen molar-refractivity contribution >= 4 is 17.8 Å². The average Bonchev–Trinajstić information content (AvgIpc) is 2.95. The Morgan fingerprint density at radius 1 is 1.25 bits per heavy atom. The molecule has 5 heteroatoms. The summed E-state index contributed by atoms with van der Waals surface area (Å²) in [6, 6.07) is 3.88. The van der Waals surface area contributed by atoms with Crippen molar-refractivity contribution < 1.29 is 14.3 Å². The van der Waals surface area contributed by atoms with Crippen LogP contribution in [-0.2, 0) is 10.3 Å². The molecule has 0 spiro atoms. The van der Waals surface area contributed by atoms with E-state index in [4.69, 9.17) is 9.47 Å². The highest BCUT2D eigenvalue weighted by Gasteiger charge is 2.39. The van der Waals surface area contributed by atoms with Crippen molar-refractivity contribution in [2.75, 3.05) is 20.5 Å². The van der Waals surface area contributed by atoms with Gasteiger partial charge in [0, 0.05) is 5.56 Å². The van der Waals surface area contributed by atoms with Gasteiger partial charge in [-0.3, -0.25) is 0 Å². The molecule has 0 saturated heterocycles. The molecule has 0 aliphatic heterocycles. The minimum atomic E-state index is -0.508.